The molecular formula is C16H24ClN3O2. The van der Waals surface area contributed by atoms with E-state index in [9.17, 15) is 4.79 Å². The fourth-order valence-corrected chi connectivity index (χ4v) is 2.95. The predicted octanol–water partition coefficient (Wildman–Crippen LogP) is 2.36. The van der Waals surface area contributed by atoms with Crippen LogP contribution >= 0.6 is 11.6 Å². The lowest BCUT2D eigenvalue weighted by Crippen LogP contribution is -2.42. The summed E-state index contributed by atoms with van der Waals surface area (Å²) in [6.07, 6.45) is 2.12. The minimum Gasteiger partial charge on any atom is -0.495 e. The van der Waals surface area contributed by atoms with E-state index in [1.54, 1.807) is 25.3 Å². The minimum atomic E-state index is -0.0408. The van der Waals surface area contributed by atoms with Crippen LogP contribution in [0.15, 0.2) is 18.2 Å². The fraction of sp³-hybridized carbons (Fsp3) is 0.562. The van der Waals surface area contributed by atoms with Gasteiger partial charge in [0.05, 0.1) is 19.3 Å². The van der Waals surface area contributed by atoms with Gasteiger partial charge in [0, 0.05) is 17.6 Å². The number of amides is 1. The van der Waals surface area contributed by atoms with E-state index in [-0.39, 0.29) is 5.91 Å². The van der Waals surface area contributed by atoms with Crippen LogP contribution in [0.25, 0.3) is 0 Å². The van der Waals surface area contributed by atoms with E-state index in [1.165, 1.54) is 0 Å². The lowest BCUT2D eigenvalue weighted by atomic mass is 10.2. The number of anilines is 1. The molecule has 2 rings (SSSR count). The first-order valence-electron chi connectivity index (χ1n) is 7.72. The highest BCUT2D eigenvalue weighted by Gasteiger charge is 2.23. The zero-order chi connectivity index (χ0) is 15.9. The standard InChI is InChI=1S/C16H24ClN3O2/c1-3-8-20(13-6-7-18-10-13)11-16(21)19-14-9-12(17)4-5-15(14)22-2/h4-5,9,13,18H,3,6-8,10-11H2,1-2H3,(H,19,21). The predicted molar refractivity (Wildman–Crippen MR) is 89.8 cm³/mol. The molecule has 2 N–H and O–H groups in total. The van der Waals surface area contributed by atoms with Gasteiger partial charge in [0.2, 0.25) is 5.91 Å². The molecule has 1 aliphatic heterocycles. The van der Waals surface area contributed by atoms with E-state index in [4.69, 9.17) is 16.3 Å². The molecule has 122 valence electrons. The maximum atomic E-state index is 12.4. The van der Waals surface area contributed by atoms with Gasteiger partial charge in [-0.25, -0.2) is 0 Å². The monoisotopic (exact) mass is 325 g/mol. The van der Waals surface area contributed by atoms with Crippen LogP contribution in [0.4, 0.5) is 5.69 Å². The van der Waals surface area contributed by atoms with Gasteiger partial charge >= 0.3 is 0 Å². The number of ether oxygens (including phenoxy) is 1. The van der Waals surface area contributed by atoms with Gasteiger partial charge in [-0.3, -0.25) is 9.69 Å². The Balaban J connectivity index is 2.00. The maximum absolute atomic E-state index is 12.4. The summed E-state index contributed by atoms with van der Waals surface area (Å²) in [5.74, 6) is 0.572. The molecule has 1 aromatic carbocycles. The van der Waals surface area contributed by atoms with Crippen molar-refractivity contribution >= 4 is 23.2 Å². The largest absolute Gasteiger partial charge is 0.495 e. The highest BCUT2D eigenvalue weighted by Crippen LogP contribution is 2.27. The van der Waals surface area contributed by atoms with Gasteiger partial charge in [-0.2, -0.15) is 0 Å². The van der Waals surface area contributed by atoms with Crippen molar-refractivity contribution in [2.75, 3.05) is 38.6 Å². The molecule has 0 aromatic heterocycles. The number of nitrogens with one attached hydrogen (secondary N) is 2. The van der Waals surface area contributed by atoms with Crippen molar-refractivity contribution in [3.63, 3.8) is 0 Å². The van der Waals surface area contributed by atoms with Crippen molar-refractivity contribution in [2.24, 2.45) is 0 Å². The fourth-order valence-electron chi connectivity index (χ4n) is 2.78. The number of carbonyl (C=O) groups excluding carboxylic acids is 1. The van der Waals surface area contributed by atoms with E-state index in [0.717, 1.165) is 32.5 Å². The summed E-state index contributed by atoms with van der Waals surface area (Å²) >= 11 is 5.99. The summed E-state index contributed by atoms with van der Waals surface area (Å²) in [5, 5.41) is 6.82. The quantitative estimate of drug-likeness (QED) is 0.808. The third-order valence-corrected chi connectivity index (χ3v) is 4.08. The lowest BCUT2D eigenvalue weighted by Gasteiger charge is -2.27. The van der Waals surface area contributed by atoms with E-state index in [1.807, 2.05) is 0 Å². The third-order valence-electron chi connectivity index (χ3n) is 3.84. The van der Waals surface area contributed by atoms with E-state index >= 15 is 0 Å². The van der Waals surface area contributed by atoms with Crippen LogP contribution in [0.2, 0.25) is 5.02 Å². The molecule has 6 heteroatoms. The molecule has 0 saturated carbocycles. The molecule has 1 aliphatic rings. The SMILES string of the molecule is CCCN(CC(=O)Nc1cc(Cl)ccc1OC)C1CCNC1. The summed E-state index contributed by atoms with van der Waals surface area (Å²) in [6, 6.07) is 5.64. The van der Waals surface area contributed by atoms with E-state index < -0.39 is 0 Å². The molecule has 0 bridgehead atoms. The summed E-state index contributed by atoms with van der Waals surface area (Å²) in [5.41, 5.74) is 0.612. The van der Waals surface area contributed by atoms with Gasteiger partial charge in [-0.15, -0.1) is 0 Å². The van der Waals surface area contributed by atoms with Crippen LogP contribution in [0.3, 0.4) is 0 Å². The zero-order valence-corrected chi connectivity index (χ0v) is 13.9. The normalized spacial score (nSPS) is 17.7. The van der Waals surface area contributed by atoms with Crippen LogP contribution in [-0.2, 0) is 4.79 Å². The van der Waals surface area contributed by atoms with Gasteiger partial charge in [0.1, 0.15) is 5.75 Å². The van der Waals surface area contributed by atoms with Crippen LogP contribution in [0.5, 0.6) is 5.75 Å². The van der Waals surface area contributed by atoms with Crippen molar-refractivity contribution in [3.8, 4) is 5.75 Å². The maximum Gasteiger partial charge on any atom is 0.238 e. The molecule has 1 aromatic rings. The number of methoxy groups -OCH3 is 1. The second kappa shape index (κ2) is 8.36. The van der Waals surface area contributed by atoms with E-state index in [2.05, 4.69) is 22.5 Å². The van der Waals surface area contributed by atoms with Crippen LogP contribution < -0.4 is 15.4 Å². The first-order chi connectivity index (χ1) is 10.6. The van der Waals surface area contributed by atoms with Crippen LogP contribution in [0.1, 0.15) is 19.8 Å². The van der Waals surface area contributed by atoms with Gasteiger partial charge in [0.25, 0.3) is 0 Å². The molecule has 1 amide bonds. The Morgan fingerprint density at radius 1 is 1.55 bits per heavy atom. The Bertz CT molecular complexity index is 504. The molecule has 1 unspecified atom stereocenters. The first-order valence-corrected chi connectivity index (χ1v) is 8.10. The highest BCUT2D eigenvalue weighted by molar-refractivity contribution is 6.31. The van der Waals surface area contributed by atoms with E-state index in [0.29, 0.717) is 29.0 Å². The van der Waals surface area contributed by atoms with Crippen molar-refractivity contribution in [2.45, 2.75) is 25.8 Å². The highest BCUT2D eigenvalue weighted by atomic mass is 35.5. The molecule has 22 heavy (non-hydrogen) atoms. The second-order valence-electron chi connectivity index (χ2n) is 5.51. The van der Waals surface area contributed by atoms with Gasteiger partial charge < -0.3 is 15.4 Å². The summed E-state index contributed by atoms with van der Waals surface area (Å²) in [6.45, 7) is 5.41. The van der Waals surface area contributed by atoms with Gasteiger partial charge in [-0.1, -0.05) is 18.5 Å². The summed E-state index contributed by atoms with van der Waals surface area (Å²) in [4.78, 5) is 14.6. The molecule has 1 atom stereocenters. The van der Waals surface area contributed by atoms with Crippen LogP contribution in [-0.4, -0.2) is 50.1 Å². The number of benzene rings is 1. The number of hydrogen-bond donors (Lipinski definition) is 2. The molecule has 5 nitrogen and oxygen atoms in total. The van der Waals surface area contributed by atoms with Crippen molar-refractivity contribution in [1.29, 1.82) is 0 Å². The molecule has 0 spiro atoms. The number of rotatable bonds is 7. The molecule has 0 radical (unpaired) electrons. The molecular weight excluding hydrogens is 302 g/mol. The third kappa shape index (κ3) is 4.60. The lowest BCUT2D eigenvalue weighted by molar-refractivity contribution is -0.117. The van der Waals surface area contributed by atoms with Crippen molar-refractivity contribution in [1.82, 2.24) is 10.2 Å². The number of carbonyl (C=O) groups is 1. The molecule has 1 heterocycles. The van der Waals surface area contributed by atoms with Gasteiger partial charge in [0.15, 0.2) is 0 Å². The van der Waals surface area contributed by atoms with Crippen LogP contribution in [0, 0.1) is 0 Å². The molecule has 1 fully saturated rings. The Morgan fingerprint density at radius 3 is 3.00 bits per heavy atom. The van der Waals surface area contributed by atoms with Crippen molar-refractivity contribution in [3.05, 3.63) is 23.2 Å². The Morgan fingerprint density at radius 2 is 2.36 bits per heavy atom. The summed E-state index contributed by atoms with van der Waals surface area (Å²) in [7, 11) is 1.58. The number of nitrogens with zero attached hydrogens (tertiary/aromatic N) is 1. The Labute approximate surface area is 137 Å². The summed E-state index contributed by atoms with van der Waals surface area (Å²) < 4.78 is 5.26. The second-order valence-corrected chi connectivity index (χ2v) is 5.95. The Hall–Kier alpha value is -1.30. The topological polar surface area (TPSA) is 53.6 Å². The molecule has 1 saturated heterocycles. The average molecular weight is 326 g/mol. The number of hydrogen-bond acceptors (Lipinski definition) is 4. The minimum absolute atomic E-state index is 0.0408. The first kappa shape index (κ1) is 17.1. The Kier molecular flexibility index (Phi) is 6.49. The number of halogens is 1. The molecule has 0 aliphatic carbocycles. The van der Waals surface area contributed by atoms with Gasteiger partial charge in [-0.05, 0) is 44.1 Å². The zero-order valence-electron chi connectivity index (χ0n) is 13.2. The van der Waals surface area contributed by atoms with Crippen molar-refractivity contribution < 1.29 is 9.53 Å². The average Bonchev–Trinajstić information content (AvgIpc) is 3.01. The smallest absolute Gasteiger partial charge is 0.238 e.